The summed E-state index contributed by atoms with van der Waals surface area (Å²) >= 11 is 0. The van der Waals surface area contributed by atoms with E-state index in [2.05, 4.69) is 49.2 Å². The van der Waals surface area contributed by atoms with Gasteiger partial charge in [-0.1, -0.05) is 6.42 Å². The van der Waals surface area contributed by atoms with E-state index in [4.69, 9.17) is 0 Å². The van der Waals surface area contributed by atoms with Gasteiger partial charge in [-0.25, -0.2) is 4.98 Å². The molecule has 26 heavy (non-hydrogen) atoms. The standard InChI is InChI=1S/C20H32N6/c1-21-19(26-9-7-20(16-26)5-3-6-20)23-15-17-4-8-22-18(14-17)25-12-10-24(2)11-13-25/h4,8,14H,3,5-7,9-13,15-16H2,1-2H3,(H,21,23). The van der Waals surface area contributed by atoms with Crippen LogP contribution in [0.3, 0.4) is 0 Å². The van der Waals surface area contributed by atoms with Gasteiger partial charge < -0.3 is 20.0 Å². The summed E-state index contributed by atoms with van der Waals surface area (Å²) in [4.78, 5) is 16.3. The molecule has 1 N–H and O–H groups in total. The minimum absolute atomic E-state index is 0.600. The number of aliphatic imine (C=N–C) groups is 1. The van der Waals surface area contributed by atoms with Gasteiger partial charge in [0.25, 0.3) is 0 Å². The van der Waals surface area contributed by atoms with Crippen molar-refractivity contribution >= 4 is 11.8 Å². The second kappa shape index (κ2) is 7.43. The molecular formula is C20H32N6. The van der Waals surface area contributed by atoms with Crippen LogP contribution in [0, 0.1) is 5.41 Å². The van der Waals surface area contributed by atoms with E-state index in [0.717, 1.165) is 51.0 Å². The first kappa shape index (κ1) is 17.6. The number of nitrogens with zero attached hydrogens (tertiary/aromatic N) is 5. The molecule has 1 aromatic heterocycles. The Morgan fingerprint density at radius 2 is 2.00 bits per heavy atom. The molecule has 0 amide bonds. The van der Waals surface area contributed by atoms with Crippen molar-refractivity contribution in [1.82, 2.24) is 20.1 Å². The van der Waals surface area contributed by atoms with Crippen LogP contribution in [0.2, 0.25) is 0 Å². The Bertz CT molecular complexity index is 645. The molecule has 1 aliphatic carbocycles. The number of aromatic nitrogens is 1. The SMILES string of the molecule is CN=C(NCc1ccnc(N2CCN(C)CC2)c1)N1CCC2(CCC2)C1. The fourth-order valence-electron chi connectivity index (χ4n) is 4.49. The van der Waals surface area contributed by atoms with Crippen LogP contribution in [0.5, 0.6) is 0 Å². The number of likely N-dealkylation sites (N-methyl/N-ethyl adjacent to an activating group) is 1. The molecular weight excluding hydrogens is 324 g/mol. The molecule has 0 bridgehead atoms. The molecule has 1 saturated carbocycles. The molecule has 1 spiro atoms. The average molecular weight is 357 g/mol. The van der Waals surface area contributed by atoms with Gasteiger partial charge in [0.15, 0.2) is 5.96 Å². The van der Waals surface area contributed by atoms with Gasteiger partial charge in [-0.3, -0.25) is 4.99 Å². The maximum absolute atomic E-state index is 4.59. The minimum Gasteiger partial charge on any atom is -0.354 e. The summed E-state index contributed by atoms with van der Waals surface area (Å²) in [6, 6.07) is 4.33. The summed E-state index contributed by atoms with van der Waals surface area (Å²) in [5.41, 5.74) is 1.87. The third kappa shape index (κ3) is 3.65. The number of guanidine groups is 1. The highest BCUT2D eigenvalue weighted by atomic mass is 15.3. The number of likely N-dealkylation sites (tertiary alicyclic amines) is 1. The van der Waals surface area contributed by atoms with E-state index < -0.39 is 0 Å². The zero-order valence-electron chi connectivity index (χ0n) is 16.2. The topological polar surface area (TPSA) is 47.0 Å². The lowest BCUT2D eigenvalue weighted by Gasteiger charge is -2.38. The average Bonchev–Trinajstić information content (AvgIpc) is 3.09. The largest absolute Gasteiger partial charge is 0.354 e. The molecule has 0 aromatic carbocycles. The molecule has 3 heterocycles. The van der Waals surface area contributed by atoms with Gasteiger partial charge >= 0.3 is 0 Å². The third-order valence-corrected chi connectivity index (χ3v) is 6.45. The lowest BCUT2D eigenvalue weighted by molar-refractivity contribution is 0.151. The van der Waals surface area contributed by atoms with E-state index in [1.165, 1.54) is 37.8 Å². The Labute approximate surface area is 157 Å². The van der Waals surface area contributed by atoms with Crippen LogP contribution in [0.15, 0.2) is 23.3 Å². The number of anilines is 1. The van der Waals surface area contributed by atoms with Crippen LogP contribution in [0.4, 0.5) is 5.82 Å². The lowest BCUT2D eigenvalue weighted by atomic mass is 9.68. The van der Waals surface area contributed by atoms with Crippen LogP contribution < -0.4 is 10.2 Å². The quantitative estimate of drug-likeness (QED) is 0.661. The molecule has 3 fully saturated rings. The summed E-state index contributed by atoms with van der Waals surface area (Å²) < 4.78 is 0. The fourth-order valence-corrected chi connectivity index (χ4v) is 4.49. The van der Waals surface area contributed by atoms with Crippen molar-refractivity contribution in [2.75, 3.05) is 58.3 Å². The monoisotopic (exact) mass is 356 g/mol. The number of nitrogens with one attached hydrogen (secondary N) is 1. The van der Waals surface area contributed by atoms with E-state index >= 15 is 0 Å². The summed E-state index contributed by atoms with van der Waals surface area (Å²) in [5.74, 6) is 2.15. The van der Waals surface area contributed by atoms with Crippen molar-refractivity contribution in [3.8, 4) is 0 Å². The van der Waals surface area contributed by atoms with Crippen LogP contribution in [0.25, 0.3) is 0 Å². The van der Waals surface area contributed by atoms with Crippen molar-refractivity contribution in [3.63, 3.8) is 0 Å². The van der Waals surface area contributed by atoms with E-state index in [0.29, 0.717) is 5.41 Å². The molecule has 0 atom stereocenters. The summed E-state index contributed by atoms with van der Waals surface area (Å²) in [6.45, 7) is 7.44. The summed E-state index contributed by atoms with van der Waals surface area (Å²) in [5, 5.41) is 3.57. The Balaban J connectivity index is 1.34. The molecule has 1 aromatic rings. The van der Waals surface area contributed by atoms with Crippen molar-refractivity contribution in [2.24, 2.45) is 10.4 Å². The molecule has 2 saturated heterocycles. The lowest BCUT2D eigenvalue weighted by Crippen LogP contribution is -2.45. The zero-order valence-corrected chi connectivity index (χ0v) is 16.2. The first-order chi connectivity index (χ1) is 12.7. The maximum atomic E-state index is 4.59. The summed E-state index contributed by atoms with van der Waals surface area (Å²) in [7, 11) is 4.08. The van der Waals surface area contributed by atoms with Gasteiger partial charge in [0.2, 0.25) is 0 Å². The predicted molar refractivity (Wildman–Crippen MR) is 107 cm³/mol. The van der Waals surface area contributed by atoms with Gasteiger partial charge in [0.05, 0.1) is 0 Å². The highest BCUT2D eigenvalue weighted by Gasteiger charge is 2.43. The molecule has 142 valence electrons. The Hall–Kier alpha value is -1.82. The molecule has 0 radical (unpaired) electrons. The maximum Gasteiger partial charge on any atom is 0.193 e. The molecule has 3 aliphatic rings. The van der Waals surface area contributed by atoms with E-state index in [-0.39, 0.29) is 0 Å². The first-order valence-electron chi connectivity index (χ1n) is 10.0. The van der Waals surface area contributed by atoms with Crippen molar-refractivity contribution in [2.45, 2.75) is 32.2 Å². The molecule has 4 rings (SSSR count). The van der Waals surface area contributed by atoms with Gasteiger partial charge in [0.1, 0.15) is 5.82 Å². The highest BCUT2D eigenvalue weighted by Crippen LogP contribution is 2.47. The Morgan fingerprint density at radius 1 is 1.19 bits per heavy atom. The molecule has 6 nitrogen and oxygen atoms in total. The van der Waals surface area contributed by atoms with Gasteiger partial charge in [-0.05, 0) is 49.4 Å². The molecule has 0 unspecified atom stereocenters. The van der Waals surface area contributed by atoms with Crippen molar-refractivity contribution in [1.29, 1.82) is 0 Å². The minimum atomic E-state index is 0.600. The van der Waals surface area contributed by atoms with E-state index in [9.17, 15) is 0 Å². The first-order valence-corrected chi connectivity index (χ1v) is 10.0. The molecule has 2 aliphatic heterocycles. The predicted octanol–water partition coefficient (Wildman–Crippen LogP) is 1.78. The number of piperazine rings is 1. The number of hydrogen-bond acceptors (Lipinski definition) is 4. The van der Waals surface area contributed by atoms with Crippen molar-refractivity contribution in [3.05, 3.63) is 23.9 Å². The fraction of sp³-hybridized carbons (Fsp3) is 0.700. The highest BCUT2D eigenvalue weighted by molar-refractivity contribution is 5.80. The second-order valence-electron chi connectivity index (χ2n) is 8.24. The van der Waals surface area contributed by atoms with Gasteiger partial charge in [0, 0.05) is 59.1 Å². The van der Waals surface area contributed by atoms with Crippen molar-refractivity contribution < 1.29 is 0 Å². The van der Waals surface area contributed by atoms with Crippen LogP contribution in [-0.4, -0.2) is 74.1 Å². The zero-order chi connectivity index (χ0) is 18.0. The number of pyridine rings is 1. The normalized spacial score (nSPS) is 23.4. The Kier molecular flexibility index (Phi) is 5.02. The smallest absolute Gasteiger partial charge is 0.193 e. The van der Waals surface area contributed by atoms with E-state index in [1.807, 2.05) is 13.2 Å². The van der Waals surface area contributed by atoms with Crippen LogP contribution in [-0.2, 0) is 6.54 Å². The van der Waals surface area contributed by atoms with E-state index in [1.54, 1.807) is 0 Å². The van der Waals surface area contributed by atoms with Crippen LogP contribution >= 0.6 is 0 Å². The number of rotatable bonds is 3. The van der Waals surface area contributed by atoms with Crippen LogP contribution in [0.1, 0.15) is 31.2 Å². The second-order valence-corrected chi connectivity index (χ2v) is 8.24. The Morgan fingerprint density at radius 3 is 2.65 bits per heavy atom. The third-order valence-electron chi connectivity index (χ3n) is 6.45. The van der Waals surface area contributed by atoms with Gasteiger partial charge in [-0.15, -0.1) is 0 Å². The summed E-state index contributed by atoms with van der Waals surface area (Å²) in [6.07, 6.45) is 7.48. The van der Waals surface area contributed by atoms with Gasteiger partial charge in [-0.2, -0.15) is 0 Å². The molecule has 6 heteroatoms. The number of hydrogen-bond donors (Lipinski definition) is 1.